The monoisotopic (exact) mass is 401 g/mol. The van der Waals surface area contributed by atoms with Gasteiger partial charge in [0.05, 0.1) is 23.4 Å². The molecule has 6 heteroatoms. The molecule has 0 bridgehead atoms. The molecule has 0 aliphatic rings. The summed E-state index contributed by atoms with van der Waals surface area (Å²) >= 11 is 0. The zero-order chi connectivity index (χ0) is 20.4. The number of nitrogens with zero attached hydrogens (tertiary/aromatic N) is 3. The van der Waals surface area contributed by atoms with Gasteiger partial charge in [-0.1, -0.05) is 38.3 Å². The van der Waals surface area contributed by atoms with Gasteiger partial charge < -0.3 is 11.1 Å². The average Bonchev–Trinajstić information content (AvgIpc) is 2.75. The average molecular weight is 401 g/mol. The number of fused-ring (bicyclic) bond motifs is 1. The van der Waals surface area contributed by atoms with Crippen LogP contribution in [-0.2, 0) is 0 Å². The Bertz CT molecular complexity index is 1160. The van der Waals surface area contributed by atoms with E-state index in [1.165, 1.54) is 5.30 Å². The summed E-state index contributed by atoms with van der Waals surface area (Å²) in [4.78, 5) is 13.5. The predicted octanol–water partition coefficient (Wildman–Crippen LogP) is 4.81. The van der Waals surface area contributed by atoms with Crippen LogP contribution >= 0.6 is 7.92 Å². The minimum Gasteiger partial charge on any atom is -0.381 e. The lowest BCUT2D eigenvalue weighted by molar-refractivity contribution is 0.875. The Labute approximate surface area is 172 Å². The van der Waals surface area contributed by atoms with Crippen molar-refractivity contribution in [2.24, 2.45) is 0 Å². The Balaban J connectivity index is 1.62. The number of benzene rings is 2. The summed E-state index contributed by atoms with van der Waals surface area (Å²) in [6, 6.07) is 18.8. The van der Waals surface area contributed by atoms with Gasteiger partial charge in [-0.15, -0.1) is 0 Å². The van der Waals surface area contributed by atoms with E-state index in [0.717, 1.165) is 27.7 Å². The third-order valence-corrected chi connectivity index (χ3v) is 6.25. The second-order valence-electron chi connectivity index (χ2n) is 7.26. The molecule has 29 heavy (non-hydrogen) atoms. The van der Waals surface area contributed by atoms with Crippen molar-refractivity contribution in [2.75, 3.05) is 24.4 Å². The molecule has 0 saturated heterocycles. The highest BCUT2D eigenvalue weighted by Crippen LogP contribution is 2.28. The molecule has 2 aromatic heterocycles. The summed E-state index contributed by atoms with van der Waals surface area (Å²) in [5, 5.41) is 5.87. The predicted molar refractivity (Wildman–Crippen MR) is 124 cm³/mol. The molecule has 146 valence electrons. The fraction of sp³-hybridized carbons (Fsp3) is 0.174. The number of aromatic nitrogens is 3. The number of hydrogen-bond donors (Lipinski definition) is 2. The van der Waals surface area contributed by atoms with E-state index >= 15 is 0 Å². The summed E-state index contributed by atoms with van der Waals surface area (Å²) < 4.78 is 0. The van der Waals surface area contributed by atoms with Crippen LogP contribution in [0.25, 0.3) is 22.2 Å². The summed E-state index contributed by atoms with van der Waals surface area (Å²) in [5.74, 6) is 0.995. The smallest absolute Gasteiger partial charge is 0.170 e. The van der Waals surface area contributed by atoms with E-state index < -0.39 is 0 Å². The van der Waals surface area contributed by atoms with Gasteiger partial charge in [0.1, 0.15) is 0 Å². The van der Waals surface area contributed by atoms with Crippen LogP contribution in [0.5, 0.6) is 0 Å². The SMILES string of the molecule is CC(Nc1nc(-c2cccc(P(C)C)c2)cnc1N)c1ccc2ncccc2c1. The Kier molecular flexibility index (Phi) is 5.41. The molecule has 1 unspecified atom stereocenters. The van der Waals surface area contributed by atoms with Gasteiger partial charge >= 0.3 is 0 Å². The summed E-state index contributed by atoms with van der Waals surface area (Å²) in [7, 11) is -0.169. The maximum atomic E-state index is 6.12. The molecule has 0 fully saturated rings. The third-order valence-electron chi connectivity index (χ3n) is 4.94. The summed E-state index contributed by atoms with van der Waals surface area (Å²) in [6.45, 7) is 6.58. The van der Waals surface area contributed by atoms with Crippen LogP contribution in [0.3, 0.4) is 0 Å². The number of nitrogen functional groups attached to an aromatic ring is 1. The molecule has 0 saturated carbocycles. The quantitative estimate of drug-likeness (QED) is 0.469. The van der Waals surface area contributed by atoms with Crippen LogP contribution in [0.1, 0.15) is 18.5 Å². The maximum absolute atomic E-state index is 6.12. The molecule has 0 aliphatic carbocycles. The van der Waals surface area contributed by atoms with Gasteiger partial charge in [-0.25, -0.2) is 9.97 Å². The van der Waals surface area contributed by atoms with Gasteiger partial charge in [0.15, 0.2) is 11.6 Å². The first kappa shape index (κ1) is 19.3. The van der Waals surface area contributed by atoms with E-state index in [1.54, 1.807) is 12.4 Å². The molecule has 1 atom stereocenters. The van der Waals surface area contributed by atoms with Crippen molar-refractivity contribution >= 4 is 35.8 Å². The van der Waals surface area contributed by atoms with Crippen LogP contribution in [-0.4, -0.2) is 28.3 Å². The first-order valence-corrected chi connectivity index (χ1v) is 11.8. The Morgan fingerprint density at radius 3 is 2.69 bits per heavy atom. The van der Waals surface area contributed by atoms with Gasteiger partial charge in [-0.3, -0.25) is 4.98 Å². The largest absolute Gasteiger partial charge is 0.381 e. The van der Waals surface area contributed by atoms with Crippen molar-refractivity contribution in [3.05, 3.63) is 72.6 Å². The highest BCUT2D eigenvalue weighted by Gasteiger charge is 2.12. The molecule has 0 radical (unpaired) electrons. The fourth-order valence-corrected chi connectivity index (χ4v) is 4.02. The van der Waals surface area contributed by atoms with Gasteiger partial charge in [-0.2, -0.15) is 0 Å². The zero-order valence-electron chi connectivity index (χ0n) is 16.8. The number of pyridine rings is 1. The number of hydrogen-bond acceptors (Lipinski definition) is 5. The number of nitrogens with two attached hydrogens (primary N) is 1. The van der Waals surface area contributed by atoms with Crippen molar-refractivity contribution in [2.45, 2.75) is 13.0 Å². The lowest BCUT2D eigenvalue weighted by atomic mass is 10.1. The number of nitrogens with one attached hydrogen (secondary N) is 1. The Hall–Kier alpha value is -3.04. The molecule has 2 aromatic carbocycles. The molecular weight excluding hydrogens is 377 g/mol. The van der Waals surface area contributed by atoms with E-state index in [9.17, 15) is 0 Å². The Morgan fingerprint density at radius 1 is 1.00 bits per heavy atom. The second-order valence-corrected chi connectivity index (χ2v) is 9.56. The molecule has 2 heterocycles. The molecule has 4 aromatic rings. The highest BCUT2D eigenvalue weighted by atomic mass is 31.1. The molecule has 0 spiro atoms. The van der Waals surface area contributed by atoms with Crippen molar-refractivity contribution in [1.29, 1.82) is 0 Å². The first-order chi connectivity index (χ1) is 14.0. The van der Waals surface area contributed by atoms with Gasteiger partial charge in [0, 0.05) is 17.1 Å². The normalized spacial score (nSPS) is 12.3. The first-order valence-electron chi connectivity index (χ1n) is 9.53. The second kappa shape index (κ2) is 8.14. The standard InChI is InChI=1S/C23H24N5P/c1-15(16-9-10-20-17(12-16)7-5-11-25-20)27-23-22(24)26-14-21(28-23)18-6-4-8-19(13-18)29(2)3/h4-15H,1-3H3,(H2,24,26)(H,27,28). The summed E-state index contributed by atoms with van der Waals surface area (Å²) in [5.41, 5.74) is 10.1. The van der Waals surface area contributed by atoms with Gasteiger partial charge in [0.25, 0.3) is 0 Å². The van der Waals surface area contributed by atoms with Crippen molar-refractivity contribution in [3.63, 3.8) is 0 Å². The summed E-state index contributed by atoms with van der Waals surface area (Å²) in [6.07, 6.45) is 3.54. The highest BCUT2D eigenvalue weighted by molar-refractivity contribution is 7.64. The lowest BCUT2D eigenvalue weighted by Gasteiger charge is -2.17. The van der Waals surface area contributed by atoms with Crippen LogP contribution < -0.4 is 16.4 Å². The lowest BCUT2D eigenvalue weighted by Crippen LogP contribution is -2.11. The van der Waals surface area contributed by atoms with E-state index in [-0.39, 0.29) is 14.0 Å². The zero-order valence-corrected chi connectivity index (χ0v) is 17.7. The molecule has 0 aliphatic heterocycles. The molecule has 5 nitrogen and oxygen atoms in total. The van der Waals surface area contributed by atoms with Gasteiger partial charge in [-0.05, 0) is 55.4 Å². The third kappa shape index (κ3) is 4.20. The number of anilines is 2. The molecule has 4 rings (SSSR count). The van der Waals surface area contributed by atoms with E-state index in [0.29, 0.717) is 11.6 Å². The van der Waals surface area contributed by atoms with E-state index in [4.69, 9.17) is 10.7 Å². The molecule has 0 amide bonds. The van der Waals surface area contributed by atoms with Gasteiger partial charge in [0.2, 0.25) is 0 Å². The van der Waals surface area contributed by atoms with E-state index in [1.807, 2.05) is 12.1 Å². The topological polar surface area (TPSA) is 76.7 Å². The fourth-order valence-electron chi connectivity index (χ4n) is 3.24. The van der Waals surface area contributed by atoms with Crippen LogP contribution in [0.4, 0.5) is 11.6 Å². The van der Waals surface area contributed by atoms with E-state index in [2.05, 4.69) is 78.0 Å². The van der Waals surface area contributed by atoms with Crippen molar-refractivity contribution in [3.8, 4) is 11.3 Å². The molecular formula is C23H24N5P. The van der Waals surface area contributed by atoms with Crippen molar-refractivity contribution in [1.82, 2.24) is 15.0 Å². The van der Waals surface area contributed by atoms with Crippen molar-refractivity contribution < 1.29 is 0 Å². The maximum Gasteiger partial charge on any atom is 0.170 e. The van der Waals surface area contributed by atoms with Crippen LogP contribution in [0.2, 0.25) is 0 Å². The minimum atomic E-state index is -0.169. The molecule has 3 N–H and O–H groups in total. The minimum absolute atomic E-state index is 0.0249. The van der Waals surface area contributed by atoms with Crippen LogP contribution in [0, 0.1) is 0 Å². The Morgan fingerprint density at radius 2 is 1.86 bits per heavy atom. The van der Waals surface area contributed by atoms with Crippen LogP contribution in [0.15, 0.2) is 67.0 Å². The number of rotatable bonds is 5.